The van der Waals surface area contributed by atoms with E-state index < -0.39 is 23.9 Å². The normalized spacial score (nSPS) is 19.6. The lowest BCUT2D eigenvalue weighted by Crippen LogP contribution is -2.37. The van der Waals surface area contributed by atoms with E-state index in [0.29, 0.717) is 37.7 Å². The van der Waals surface area contributed by atoms with Gasteiger partial charge in [0.15, 0.2) is 5.76 Å². The molecular weight excluding hydrogens is 369 g/mol. The van der Waals surface area contributed by atoms with Crippen LogP contribution in [0.2, 0.25) is 0 Å². The molecule has 2 saturated heterocycles. The molecule has 1 aromatic carbocycles. The van der Waals surface area contributed by atoms with Crippen molar-refractivity contribution in [1.29, 1.82) is 0 Å². The minimum Gasteiger partial charge on any atom is -0.459 e. The number of amides is 2. The Labute approximate surface area is 160 Å². The molecule has 1 atom stereocenters. The van der Waals surface area contributed by atoms with Crippen LogP contribution in [0.4, 0.5) is 20.6 Å². The van der Waals surface area contributed by atoms with Gasteiger partial charge in [0.05, 0.1) is 43.9 Å². The first-order valence-corrected chi connectivity index (χ1v) is 8.95. The van der Waals surface area contributed by atoms with Crippen LogP contribution >= 0.6 is 0 Å². The molecule has 1 N–H and O–H groups in total. The van der Waals surface area contributed by atoms with Gasteiger partial charge in [-0.1, -0.05) is 0 Å². The molecule has 8 nitrogen and oxygen atoms in total. The molecule has 147 valence electrons. The van der Waals surface area contributed by atoms with E-state index in [1.54, 1.807) is 12.1 Å². The average Bonchev–Trinajstić information content (AvgIpc) is 3.37. The van der Waals surface area contributed by atoms with Crippen LogP contribution < -0.4 is 15.1 Å². The van der Waals surface area contributed by atoms with Crippen LogP contribution in [-0.2, 0) is 9.47 Å². The number of rotatable bonds is 5. The molecule has 2 amide bonds. The molecule has 0 aliphatic carbocycles. The van der Waals surface area contributed by atoms with E-state index in [4.69, 9.17) is 13.9 Å². The molecule has 0 saturated carbocycles. The van der Waals surface area contributed by atoms with Crippen molar-refractivity contribution < 1.29 is 27.9 Å². The highest BCUT2D eigenvalue weighted by molar-refractivity contribution is 5.92. The Morgan fingerprint density at radius 2 is 2.14 bits per heavy atom. The van der Waals surface area contributed by atoms with Gasteiger partial charge in [-0.25, -0.2) is 9.18 Å². The van der Waals surface area contributed by atoms with Crippen molar-refractivity contribution in [2.45, 2.75) is 6.10 Å². The summed E-state index contributed by atoms with van der Waals surface area (Å²) in [5.41, 5.74) is 0.894. The molecule has 4 rings (SSSR count). The first kappa shape index (κ1) is 18.3. The molecule has 3 heterocycles. The predicted molar refractivity (Wildman–Crippen MR) is 96.9 cm³/mol. The Kier molecular flexibility index (Phi) is 5.16. The zero-order valence-electron chi connectivity index (χ0n) is 15.0. The second-order valence-electron chi connectivity index (χ2n) is 6.46. The van der Waals surface area contributed by atoms with Crippen LogP contribution in [0.5, 0.6) is 0 Å². The third kappa shape index (κ3) is 3.79. The number of cyclic esters (lactones) is 1. The number of ether oxygens (including phenoxy) is 2. The number of carbonyl (C=O) groups is 2. The van der Waals surface area contributed by atoms with E-state index in [2.05, 4.69) is 11.4 Å². The van der Waals surface area contributed by atoms with Gasteiger partial charge in [-0.3, -0.25) is 9.69 Å². The molecule has 9 heteroatoms. The molecule has 1 aromatic heterocycles. The summed E-state index contributed by atoms with van der Waals surface area (Å²) in [4.78, 5) is 27.3. The standard InChI is InChI=1S/C19H19FN3O5/c20-15-10-13(3-4-16(15)22-5-8-26-9-6-22)23-12-14(28-19(23)25)11-21-18(24)17-2-1-7-27-17/h1,3-4,7,10,14H,5-6,8-9,11-12H2,(H,21,24)/t14-/m0/s1. The Morgan fingerprint density at radius 3 is 2.86 bits per heavy atom. The molecule has 2 aromatic rings. The van der Waals surface area contributed by atoms with Gasteiger partial charge in [0.25, 0.3) is 5.91 Å². The van der Waals surface area contributed by atoms with Gasteiger partial charge in [0, 0.05) is 19.2 Å². The van der Waals surface area contributed by atoms with Gasteiger partial charge in [-0.2, -0.15) is 0 Å². The van der Waals surface area contributed by atoms with Gasteiger partial charge in [-0.15, -0.1) is 0 Å². The first-order valence-electron chi connectivity index (χ1n) is 8.95. The second-order valence-corrected chi connectivity index (χ2v) is 6.46. The first-order chi connectivity index (χ1) is 13.6. The number of anilines is 2. The van der Waals surface area contributed by atoms with E-state index in [9.17, 15) is 14.0 Å². The lowest BCUT2D eigenvalue weighted by Gasteiger charge is -2.29. The van der Waals surface area contributed by atoms with Crippen molar-refractivity contribution in [3.63, 3.8) is 0 Å². The summed E-state index contributed by atoms with van der Waals surface area (Å²) in [6, 6.07) is 8.80. The van der Waals surface area contributed by atoms with Crippen LogP contribution in [0.3, 0.4) is 0 Å². The maximum absolute atomic E-state index is 14.6. The summed E-state index contributed by atoms with van der Waals surface area (Å²) in [5, 5.41) is 2.62. The zero-order valence-corrected chi connectivity index (χ0v) is 15.0. The van der Waals surface area contributed by atoms with Crippen molar-refractivity contribution in [3.8, 4) is 0 Å². The fourth-order valence-electron chi connectivity index (χ4n) is 3.21. The van der Waals surface area contributed by atoms with E-state index in [0.717, 1.165) is 0 Å². The van der Waals surface area contributed by atoms with E-state index in [1.807, 2.05) is 4.90 Å². The van der Waals surface area contributed by atoms with E-state index in [-0.39, 0.29) is 18.8 Å². The number of furan rings is 1. The summed E-state index contributed by atoms with van der Waals surface area (Å²) < 4.78 is 30.1. The lowest BCUT2D eigenvalue weighted by atomic mass is 10.2. The Balaban J connectivity index is 1.38. The monoisotopic (exact) mass is 388 g/mol. The minimum atomic E-state index is -0.581. The van der Waals surface area contributed by atoms with Crippen LogP contribution in [0.15, 0.2) is 34.9 Å². The maximum atomic E-state index is 14.6. The SMILES string of the molecule is O=C(NC[C@H]1CN(c2ccc(N3CCOCC3)c(F)c2)C(=O)O1)c1[c]cco1. The average molecular weight is 388 g/mol. The molecule has 2 fully saturated rings. The largest absolute Gasteiger partial charge is 0.459 e. The summed E-state index contributed by atoms with van der Waals surface area (Å²) in [6.45, 7) is 2.68. The molecule has 0 bridgehead atoms. The van der Waals surface area contributed by atoms with Crippen LogP contribution in [0.25, 0.3) is 0 Å². The van der Waals surface area contributed by atoms with Crippen LogP contribution in [0.1, 0.15) is 10.6 Å². The highest BCUT2D eigenvalue weighted by Crippen LogP contribution is 2.28. The number of benzene rings is 1. The van der Waals surface area contributed by atoms with Crippen molar-refractivity contribution in [3.05, 3.63) is 48.2 Å². The van der Waals surface area contributed by atoms with Crippen molar-refractivity contribution >= 4 is 23.4 Å². The van der Waals surface area contributed by atoms with Crippen LogP contribution in [0, 0.1) is 11.9 Å². The maximum Gasteiger partial charge on any atom is 0.414 e. The number of hydrogen-bond donors (Lipinski definition) is 1. The number of nitrogens with zero attached hydrogens (tertiary/aromatic N) is 2. The Morgan fingerprint density at radius 1 is 1.32 bits per heavy atom. The van der Waals surface area contributed by atoms with Crippen molar-refractivity contribution in [2.75, 3.05) is 49.2 Å². The third-order valence-electron chi connectivity index (χ3n) is 4.63. The summed E-state index contributed by atoms with van der Waals surface area (Å²) >= 11 is 0. The summed E-state index contributed by atoms with van der Waals surface area (Å²) in [7, 11) is 0. The highest BCUT2D eigenvalue weighted by Gasteiger charge is 2.33. The molecule has 0 unspecified atom stereocenters. The fourth-order valence-corrected chi connectivity index (χ4v) is 3.21. The van der Waals surface area contributed by atoms with Crippen molar-refractivity contribution in [2.24, 2.45) is 0 Å². The van der Waals surface area contributed by atoms with Crippen molar-refractivity contribution in [1.82, 2.24) is 5.32 Å². The third-order valence-corrected chi connectivity index (χ3v) is 4.63. The number of halogens is 1. The van der Waals surface area contributed by atoms with Gasteiger partial charge in [0.2, 0.25) is 0 Å². The van der Waals surface area contributed by atoms with Gasteiger partial charge in [0.1, 0.15) is 11.9 Å². The molecule has 0 spiro atoms. The summed E-state index contributed by atoms with van der Waals surface area (Å²) in [6.07, 6.45) is 0.220. The number of hydrogen-bond acceptors (Lipinski definition) is 6. The zero-order chi connectivity index (χ0) is 19.5. The molecule has 2 aliphatic heterocycles. The lowest BCUT2D eigenvalue weighted by molar-refractivity contribution is 0.0889. The Bertz CT molecular complexity index is 851. The van der Waals surface area contributed by atoms with Gasteiger partial charge in [-0.05, 0) is 24.3 Å². The van der Waals surface area contributed by atoms with Crippen LogP contribution in [-0.4, -0.2) is 57.5 Å². The minimum absolute atomic E-state index is 0.0574. The summed E-state index contributed by atoms with van der Waals surface area (Å²) in [5.74, 6) is -0.792. The topological polar surface area (TPSA) is 84.2 Å². The fraction of sp³-hybridized carbons (Fsp3) is 0.368. The van der Waals surface area contributed by atoms with E-state index in [1.165, 1.54) is 23.3 Å². The van der Waals surface area contributed by atoms with Gasteiger partial charge >= 0.3 is 6.09 Å². The smallest absolute Gasteiger partial charge is 0.414 e. The second kappa shape index (κ2) is 7.89. The Hall–Kier alpha value is -3.07. The quantitative estimate of drug-likeness (QED) is 0.841. The highest BCUT2D eigenvalue weighted by atomic mass is 19.1. The number of nitrogens with one attached hydrogen (secondary N) is 1. The molecule has 2 aliphatic rings. The molecular formula is C19H19FN3O5. The van der Waals surface area contributed by atoms with E-state index >= 15 is 0 Å². The number of morpholine rings is 1. The molecule has 1 radical (unpaired) electrons. The van der Waals surface area contributed by atoms with Gasteiger partial charge < -0.3 is 24.1 Å². The molecule has 28 heavy (non-hydrogen) atoms. The number of carbonyl (C=O) groups excluding carboxylic acids is 2. The predicted octanol–water partition coefficient (Wildman–Crippen LogP) is 1.81.